The van der Waals surface area contributed by atoms with E-state index in [0.717, 1.165) is 24.0 Å². The molecule has 4 amide bonds. The van der Waals surface area contributed by atoms with Crippen LogP contribution in [0.5, 0.6) is 0 Å². The summed E-state index contributed by atoms with van der Waals surface area (Å²) < 4.78 is 5.34. The summed E-state index contributed by atoms with van der Waals surface area (Å²) in [6, 6.07) is 3.31. The molecule has 2 unspecified atom stereocenters. The molecule has 0 bridgehead atoms. The first-order chi connectivity index (χ1) is 16.7. The zero-order chi connectivity index (χ0) is 27.6. The molecule has 2 atom stereocenters. The van der Waals surface area contributed by atoms with Crippen molar-refractivity contribution in [1.82, 2.24) is 15.5 Å². The summed E-state index contributed by atoms with van der Waals surface area (Å²) in [7, 11) is 0. The van der Waals surface area contributed by atoms with Crippen LogP contribution in [0, 0.1) is 13.8 Å². The molecule has 9 nitrogen and oxygen atoms in total. The fraction of sp³-hybridized carbons (Fsp3) is 0.630. The van der Waals surface area contributed by atoms with Gasteiger partial charge in [0.15, 0.2) is 0 Å². The van der Waals surface area contributed by atoms with Gasteiger partial charge in [-0.2, -0.15) is 0 Å². The SMILES string of the molecule is CCCCNC(=O)C(c1ccc(C)cc1C)N(C(=O)C(CCC(N)=O)NC(=O)OC(C)(C)C)C(C)C. The molecular formula is C27H44N4O5. The highest BCUT2D eigenvalue weighted by Gasteiger charge is 2.38. The summed E-state index contributed by atoms with van der Waals surface area (Å²) in [6.45, 7) is 15.1. The van der Waals surface area contributed by atoms with Crippen molar-refractivity contribution in [2.24, 2.45) is 5.73 Å². The number of ether oxygens (including phenoxy) is 1. The molecule has 202 valence electrons. The van der Waals surface area contributed by atoms with Crippen LogP contribution in [0.3, 0.4) is 0 Å². The van der Waals surface area contributed by atoms with Crippen LogP contribution in [-0.2, 0) is 19.1 Å². The van der Waals surface area contributed by atoms with Crippen LogP contribution in [0.2, 0.25) is 0 Å². The number of primary amides is 1. The molecule has 0 aliphatic rings. The predicted octanol–water partition coefficient (Wildman–Crippen LogP) is 3.66. The van der Waals surface area contributed by atoms with E-state index < -0.39 is 41.6 Å². The van der Waals surface area contributed by atoms with Crippen molar-refractivity contribution in [1.29, 1.82) is 0 Å². The molecule has 0 aliphatic heterocycles. The van der Waals surface area contributed by atoms with Crippen molar-refractivity contribution in [3.8, 4) is 0 Å². The highest BCUT2D eigenvalue weighted by Crippen LogP contribution is 2.28. The normalized spacial score (nSPS) is 13.0. The molecule has 0 heterocycles. The average molecular weight is 505 g/mol. The topological polar surface area (TPSA) is 131 Å². The number of unbranched alkanes of at least 4 members (excludes halogenated alkanes) is 1. The van der Waals surface area contributed by atoms with Gasteiger partial charge in [0.25, 0.3) is 0 Å². The first kappa shape index (κ1) is 30.9. The minimum absolute atomic E-state index is 0.0202. The smallest absolute Gasteiger partial charge is 0.408 e. The fourth-order valence-electron chi connectivity index (χ4n) is 3.89. The largest absolute Gasteiger partial charge is 0.444 e. The Hall–Kier alpha value is -3.10. The number of aryl methyl sites for hydroxylation is 2. The molecule has 4 N–H and O–H groups in total. The number of hydrogen-bond acceptors (Lipinski definition) is 5. The van der Waals surface area contributed by atoms with E-state index in [1.54, 1.807) is 20.8 Å². The maximum absolute atomic E-state index is 13.9. The van der Waals surface area contributed by atoms with Crippen LogP contribution in [0.25, 0.3) is 0 Å². The summed E-state index contributed by atoms with van der Waals surface area (Å²) in [5, 5.41) is 5.55. The maximum Gasteiger partial charge on any atom is 0.408 e. The van der Waals surface area contributed by atoms with Crippen molar-refractivity contribution in [2.75, 3.05) is 6.54 Å². The second kappa shape index (κ2) is 13.8. The first-order valence-electron chi connectivity index (χ1n) is 12.6. The van der Waals surface area contributed by atoms with Crippen LogP contribution in [-0.4, -0.2) is 52.9 Å². The number of rotatable bonds is 12. The number of nitrogens with two attached hydrogens (primary N) is 1. The summed E-state index contributed by atoms with van der Waals surface area (Å²) in [6.07, 6.45) is 0.797. The number of carbonyl (C=O) groups excluding carboxylic acids is 4. The number of benzene rings is 1. The lowest BCUT2D eigenvalue weighted by atomic mass is 9.95. The zero-order valence-electron chi connectivity index (χ0n) is 23.1. The minimum atomic E-state index is -1.11. The van der Waals surface area contributed by atoms with Gasteiger partial charge in [0, 0.05) is 19.0 Å². The Labute approximate surface area is 215 Å². The lowest BCUT2D eigenvalue weighted by Gasteiger charge is -2.37. The molecule has 0 spiro atoms. The van der Waals surface area contributed by atoms with Gasteiger partial charge in [0.1, 0.15) is 17.7 Å². The third-order valence-electron chi connectivity index (χ3n) is 5.56. The number of carbonyl (C=O) groups is 4. The molecule has 0 saturated heterocycles. The fourth-order valence-corrected chi connectivity index (χ4v) is 3.89. The van der Waals surface area contributed by atoms with E-state index >= 15 is 0 Å². The van der Waals surface area contributed by atoms with Gasteiger partial charge in [0.2, 0.25) is 17.7 Å². The Kier molecular flexibility index (Phi) is 11.9. The van der Waals surface area contributed by atoms with E-state index in [0.29, 0.717) is 12.1 Å². The standard InChI is InChI=1S/C27H44N4O5/c1-9-10-15-29-24(33)23(20-12-11-18(4)16-19(20)5)31(17(2)3)25(34)21(13-14-22(28)32)30-26(35)36-27(6,7)8/h11-12,16-17,21,23H,9-10,13-15H2,1-8H3,(H2,28,32)(H,29,33)(H,30,35). The van der Waals surface area contributed by atoms with Gasteiger partial charge in [-0.05, 0) is 72.4 Å². The van der Waals surface area contributed by atoms with Crippen LogP contribution in [0.15, 0.2) is 18.2 Å². The highest BCUT2D eigenvalue weighted by molar-refractivity contribution is 5.92. The molecule has 0 aliphatic carbocycles. The van der Waals surface area contributed by atoms with Crippen molar-refractivity contribution >= 4 is 23.8 Å². The number of alkyl carbamates (subject to hydrolysis) is 1. The van der Waals surface area contributed by atoms with E-state index in [4.69, 9.17) is 10.5 Å². The van der Waals surface area contributed by atoms with Crippen LogP contribution < -0.4 is 16.4 Å². The minimum Gasteiger partial charge on any atom is -0.444 e. The Bertz CT molecular complexity index is 923. The van der Waals surface area contributed by atoms with Crippen molar-refractivity contribution in [3.05, 3.63) is 34.9 Å². The quantitative estimate of drug-likeness (QED) is 0.374. The maximum atomic E-state index is 13.9. The first-order valence-corrected chi connectivity index (χ1v) is 12.6. The van der Waals surface area contributed by atoms with E-state index in [9.17, 15) is 19.2 Å². The Morgan fingerprint density at radius 3 is 2.25 bits per heavy atom. The summed E-state index contributed by atoms with van der Waals surface area (Å²) >= 11 is 0. The lowest BCUT2D eigenvalue weighted by Crippen LogP contribution is -2.55. The van der Waals surface area contributed by atoms with E-state index in [1.165, 1.54) is 4.90 Å². The average Bonchev–Trinajstić information content (AvgIpc) is 2.73. The number of amides is 4. The molecule has 0 fully saturated rings. The predicted molar refractivity (Wildman–Crippen MR) is 140 cm³/mol. The van der Waals surface area contributed by atoms with Gasteiger partial charge in [-0.3, -0.25) is 14.4 Å². The molecule has 0 aromatic heterocycles. The van der Waals surface area contributed by atoms with Gasteiger partial charge in [-0.15, -0.1) is 0 Å². The molecule has 1 aromatic carbocycles. The second-order valence-corrected chi connectivity index (χ2v) is 10.5. The molecule has 0 radical (unpaired) electrons. The van der Waals surface area contributed by atoms with Gasteiger partial charge < -0.3 is 26.0 Å². The van der Waals surface area contributed by atoms with Crippen molar-refractivity contribution in [3.63, 3.8) is 0 Å². The summed E-state index contributed by atoms with van der Waals surface area (Å²) in [5.41, 5.74) is 7.17. The van der Waals surface area contributed by atoms with E-state index in [1.807, 2.05) is 52.8 Å². The van der Waals surface area contributed by atoms with E-state index in [2.05, 4.69) is 10.6 Å². The third-order valence-corrected chi connectivity index (χ3v) is 5.56. The van der Waals surface area contributed by atoms with Gasteiger partial charge in [0.05, 0.1) is 0 Å². The Morgan fingerprint density at radius 2 is 1.75 bits per heavy atom. The van der Waals surface area contributed by atoms with Crippen molar-refractivity contribution in [2.45, 2.75) is 105 Å². The van der Waals surface area contributed by atoms with Gasteiger partial charge in [-0.1, -0.05) is 37.1 Å². The number of hydrogen-bond donors (Lipinski definition) is 3. The summed E-state index contributed by atoms with van der Waals surface area (Å²) in [4.78, 5) is 53.0. The van der Waals surface area contributed by atoms with Crippen LogP contribution in [0.1, 0.15) is 90.0 Å². The second-order valence-electron chi connectivity index (χ2n) is 10.5. The van der Waals surface area contributed by atoms with Crippen LogP contribution in [0.4, 0.5) is 4.79 Å². The monoisotopic (exact) mass is 504 g/mol. The number of nitrogens with zero attached hydrogens (tertiary/aromatic N) is 1. The molecule has 0 saturated carbocycles. The molecular weight excluding hydrogens is 460 g/mol. The Morgan fingerprint density at radius 1 is 1.11 bits per heavy atom. The Balaban J connectivity index is 3.49. The van der Waals surface area contributed by atoms with Crippen LogP contribution >= 0.6 is 0 Å². The lowest BCUT2D eigenvalue weighted by molar-refractivity contribution is -0.144. The van der Waals surface area contributed by atoms with Gasteiger partial charge in [-0.25, -0.2) is 4.79 Å². The number of nitrogens with one attached hydrogen (secondary N) is 2. The molecule has 9 heteroatoms. The van der Waals surface area contributed by atoms with Gasteiger partial charge >= 0.3 is 6.09 Å². The molecule has 1 rings (SSSR count). The zero-order valence-corrected chi connectivity index (χ0v) is 23.1. The molecule has 36 heavy (non-hydrogen) atoms. The highest BCUT2D eigenvalue weighted by atomic mass is 16.6. The van der Waals surface area contributed by atoms with Crippen molar-refractivity contribution < 1.29 is 23.9 Å². The third kappa shape index (κ3) is 9.87. The van der Waals surface area contributed by atoms with E-state index in [-0.39, 0.29) is 18.7 Å². The molecule has 1 aromatic rings. The summed E-state index contributed by atoms with van der Waals surface area (Å²) in [5.74, 6) is -1.39.